The molecule has 0 atom stereocenters. The Morgan fingerprint density at radius 2 is 1.81 bits per heavy atom. The van der Waals surface area contributed by atoms with E-state index in [-0.39, 0.29) is 0 Å². The van der Waals surface area contributed by atoms with Crippen LogP contribution in [0.5, 0.6) is 0 Å². The first kappa shape index (κ1) is 15.4. The van der Waals surface area contributed by atoms with Crippen LogP contribution < -0.4 is 5.32 Å². The summed E-state index contributed by atoms with van der Waals surface area (Å²) in [5.74, 6) is -0.776. The highest BCUT2D eigenvalue weighted by Gasteiger charge is 2.42. The molecular weight excluding hydrogens is 206 g/mol. The molecule has 0 aliphatic carbocycles. The van der Waals surface area contributed by atoms with Crippen molar-refractivity contribution in [1.29, 1.82) is 0 Å². The molecule has 2 N–H and O–H groups in total. The number of hydrogen-bond donors (Lipinski definition) is 2. The SMILES string of the molecule is COCCCCNC(C)(C)C(C)(C)C(=O)O. The Bertz CT molecular complexity index is 224. The van der Waals surface area contributed by atoms with Gasteiger partial charge in [-0.05, 0) is 47.1 Å². The van der Waals surface area contributed by atoms with Crippen LogP contribution in [0.25, 0.3) is 0 Å². The minimum absolute atomic E-state index is 0.425. The summed E-state index contributed by atoms with van der Waals surface area (Å²) in [6.45, 7) is 8.92. The standard InChI is InChI=1S/C12H25NO3/c1-11(2,10(14)15)12(3,4)13-8-6-7-9-16-5/h13H,6-9H2,1-5H3,(H,14,15). The number of nitrogens with one attached hydrogen (secondary N) is 1. The van der Waals surface area contributed by atoms with E-state index in [1.165, 1.54) is 0 Å². The highest BCUT2D eigenvalue weighted by Crippen LogP contribution is 2.30. The number of ether oxygens (including phenoxy) is 1. The first-order valence-corrected chi connectivity index (χ1v) is 5.73. The fourth-order valence-corrected chi connectivity index (χ4v) is 1.26. The first-order valence-electron chi connectivity index (χ1n) is 5.73. The van der Waals surface area contributed by atoms with Crippen molar-refractivity contribution in [3.05, 3.63) is 0 Å². The van der Waals surface area contributed by atoms with Gasteiger partial charge < -0.3 is 15.2 Å². The van der Waals surface area contributed by atoms with Crippen LogP contribution in [-0.2, 0) is 9.53 Å². The van der Waals surface area contributed by atoms with Crippen LogP contribution >= 0.6 is 0 Å². The van der Waals surface area contributed by atoms with Crippen molar-refractivity contribution < 1.29 is 14.6 Å². The van der Waals surface area contributed by atoms with Crippen LogP contribution in [-0.4, -0.2) is 36.9 Å². The van der Waals surface area contributed by atoms with Crippen molar-refractivity contribution in [3.8, 4) is 0 Å². The fourth-order valence-electron chi connectivity index (χ4n) is 1.26. The molecule has 0 aliphatic heterocycles. The van der Waals surface area contributed by atoms with E-state index in [9.17, 15) is 4.79 Å². The maximum absolute atomic E-state index is 11.1. The average molecular weight is 231 g/mol. The zero-order chi connectivity index (χ0) is 12.8. The van der Waals surface area contributed by atoms with Gasteiger partial charge in [0.15, 0.2) is 0 Å². The molecule has 0 bridgehead atoms. The van der Waals surface area contributed by atoms with Crippen molar-refractivity contribution in [2.75, 3.05) is 20.3 Å². The molecular formula is C12H25NO3. The predicted molar refractivity (Wildman–Crippen MR) is 64.6 cm³/mol. The van der Waals surface area contributed by atoms with Crippen LogP contribution in [0.15, 0.2) is 0 Å². The lowest BCUT2D eigenvalue weighted by Crippen LogP contribution is -2.55. The second kappa shape index (κ2) is 6.21. The van der Waals surface area contributed by atoms with Gasteiger partial charge >= 0.3 is 5.97 Å². The third kappa shape index (κ3) is 4.10. The van der Waals surface area contributed by atoms with Gasteiger partial charge in [-0.2, -0.15) is 0 Å². The number of unbranched alkanes of at least 4 members (excludes halogenated alkanes) is 1. The topological polar surface area (TPSA) is 58.6 Å². The van der Waals surface area contributed by atoms with Gasteiger partial charge in [-0.1, -0.05) is 0 Å². The zero-order valence-electron chi connectivity index (χ0n) is 11.1. The summed E-state index contributed by atoms with van der Waals surface area (Å²) >= 11 is 0. The smallest absolute Gasteiger partial charge is 0.310 e. The highest BCUT2D eigenvalue weighted by molar-refractivity contribution is 5.75. The molecule has 0 rings (SSSR count). The minimum Gasteiger partial charge on any atom is -0.481 e. The Morgan fingerprint density at radius 1 is 1.25 bits per heavy atom. The molecule has 0 aliphatic rings. The van der Waals surface area contributed by atoms with Crippen molar-refractivity contribution in [2.24, 2.45) is 5.41 Å². The summed E-state index contributed by atoms with van der Waals surface area (Å²) in [4.78, 5) is 11.1. The van der Waals surface area contributed by atoms with Gasteiger partial charge in [0.2, 0.25) is 0 Å². The molecule has 0 amide bonds. The molecule has 0 aromatic rings. The van der Waals surface area contributed by atoms with E-state index in [1.54, 1.807) is 21.0 Å². The molecule has 4 nitrogen and oxygen atoms in total. The molecule has 0 aromatic carbocycles. The van der Waals surface area contributed by atoms with Gasteiger partial charge in [0.1, 0.15) is 0 Å². The molecule has 0 radical (unpaired) electrons. The molecule has 0 fully saturated rings. The summed E-state index contributed by atoms with van der Waals surface area (Å²) < 4.78 is 4.96. The Morgan fingerprint density at radius 3 is 2.25 bits per heavy atom. The monoisotopic (exact) mass is 231 g/mol. The number of rotatable bonds is 8. The second-order valence-electron chi connectivity index (χ2n) is 5.18. The summed E-state index contributed by atoms with van der Waals surface area (Å²) in [5, 5.41) is 12.5. The Balaban J connectivity index is 4.09. The van der Waals surface area contributed by atoms with Crippen LogP contribution in [0.1, 0.15) is 40.5 Å². The normalized spacial score (nSPS) is 12.8. The zero-order valence-corrected chi connectivity index (χ0v) is 11.1. The average Bonchev–Trinajstić information content (AvgIpc) is 2.16. The Hall–Kier alpha value is -0.610. The van der Waals surface area contributed by atoms with Crippen LogP contribution in [0, 0.1) is 5.41 Å². The molecule has 16 heavy (non-hydrogen) atoms. The minimum atomic E-state index is -0.783. The largest absolute Gasteiger partial charge is 0.481 e. The first-order chi connectivity index (χ1) is 7.25. The molecule has 0 saturated carbocycles. The third-order valence-corrected chi connectivity index (χ3v) is 3.44. The summed E-state index contributed by atoms with van der Waals surface area (Å²) in [6, 6.07) is 0. The van der Waals surface area contributed by atoms with Crippen molar-refractivity contribution in [2.45, 2.75) is 46.1 Å². The van der Waals surface area contributed by atoms with Crippen molar-refractivity contribution in [1.82, 2.24) is 5.32 Å². The van der Waals surface area contributed by atoms with Gasteiger partial charge in [0.05, 0.1) is 5.41 Å². The number of methoxy groups -OCH3 is 1. The predicted octanol–water partition coefficient (Wildman–Crippen LogP) is 1.89. The van der Waals surface area contributed by atoms with Gasteiger partial charge in [0, 0.05) is 19.3 Å². The van der Waals surface area contributed by atoms with Gasteiger partial charge in [-0.25, -0.2) is 0 Å². The molecule has 4 heteroatoms. The van der Waals surface area contributed by atoms with Crippen LogP contribution in [0.4, 0.5) is 0 Å². The number of carboxylic acids is 1. The summed E-state index contributed by atoms with van der Waals surface area (Å²) in [7, 11) is 1.69. The fraction of sp³-hybridized carbons (Fsp3) is 0.917. The summed E-state index contributed by atoms with van der Waals surface area (Å²) in [6.07, 6.45) is 1.99. The molecule has 96 valence electrons. The van der Waals surface area contributed by atoms with Crippen LogP contribution in [0.2, 0.25) is 0 Å². The lowest BCUT2D eigenvalue weighted by Gasteiger charge is -2.39. The van der Waals surface area contributed by atoms with Crippen molar-refractivity contribution in [3.63, 3.8) is 0 Å². The Labute approximate surface area is 98.4 Å². The van der Waals surface area contributed by atoms with E-state index >= 15 is 0 Å². The summed E-state index contributed by atoms with van der Waals surface area (Å²) in [5.41, 5.74) is -1.21. The molecule has 0 spiro atoms. The van der Waals surface area contributed by atoms with Crippen molar-refractivity contribution >= 4 is 5.97 Å². The number of hydrogen-bond acceptors (Lipinski definition) is 3. The molecule has 0 heterocycles. The van der Waals surface area contributed by atoms with E-state index in [0.717, 1.165) is 26.0 Å². The van der Waals surface area contributed by atoms with E-state index in [1.807, 2.05) is 13.8 Å². The Kier molecular flexibility index (Phi) is 5.97. The molecule has 0 unspecified atom stereocenters. The molecule has 0 saturated heterocycles. The van der Waals surface area contributed by atoms with Gasteiger partial charge in [0.25, 0.3) is 0 Å². The van der Waals surface area contributed by atoms with Gasteiger partial charge in [-0.15, -0.1) is 0 Å². The van der Waals surface area contributed by atoms with E-state index in [0.29, 0.717) is 0 Å². The lowest BCUT2D eigenvalue weighted by molar-refractivity contribution is -0.151. The quantitative estimate of drug-likeness (QED) is 0.626. The highest BCUT2D eigenvalue weighted by atomic mass is 16.5. The number of carbonyl (C=O) groups is 1. The van der Waals surface area contributed by atoms with E-state index in [2.05, 4.69) is 5.32 Å². The number of carboxylic acid groups (broad SMARTS) is 1. The maximum atomic E-state index is 11.1. The lowest BCUT2D eigenvalue weighted by atomic mass is 9.74. The molecule has 0 aromatic heterocycles. The number of aliphatic carboxylic acids is 1. The van der Waals surface area contributed by atoms with Gasteiger partial charge in [-0.3, -0.25) is 4.79 Å². The maximum Gasteiger partial charge on any atom is 0.310 e. The van der Waals surface area contributed by atoms with E-state index < -0.39 is 16.9 Å². The third-order valence-electron chi connectivity index (χ3n) is 3.44. The van der Waals surface area contributed by atoms with E-state index in [4.69, 9.17) is 9.84 Å². The van der Waals surface area contributed by atoms with Crippen LogP contribution in [0.3, 0.4) is 0 Å². The second-order valence-corrected chi connectivity index (χ2v) is 5.18.